The van der Waals surface area contributed by atoms with Gasteiger partial charge in [0.2, 0.25) is 5.43 Å². The van der Waals surface area contributed by atoms with Crippen LogP contribution in [0.4, 0.5) is 36.6 Å². The molecule has 0 spiro atoms. The summed E-state index contributed by atoms with van der Waals surface area (Å²) in [6, 6.07) is -1.48. The fraction of sp³-hybridized carbons (Fsp3) is 0.423. The van der Waals surface area contributed by atoms with E-state index in [1.807, 2.05) is 0 Å². The van der Waals surface area contributed by atoms with Crippen LogP contribution in [0.25, 0.3) is 16.7 Å². The lowest BCUT2D eigenvalue weighted by Gasteiger charge is -2.35. The minimum Gasteiger partial charge on any atom is -0.394 e. The summed E-state index contributed by atoms with van der Waals surface area (Å²) in [7, 11) is 0. The van der Waals surface area contributed by atoms with Crippen LogP contribution in [-0.2, 0) is 0 Å². The normalized spacial score (nSPS) is 18.7. The van der Waals surface area contributed by atoms with Crippen LogP contribution in [0.3, 0.4) is 0 Å². The first-order valence-electron chi connectivity index (χ1n) is 12.6. The predicted octanol–water partition coefficient (Wildman–Crippen LogP) is 4.36. The Hall–Kier alpha value is -3.68. The van der Waals surface area contributed by atoms with Gasteiger partial charge in [-0.2, -0.15) is 13.2 Å². The van der Waals surface area contributed by atoms with Gasteiger partial charge in [0, 0.05) is 24.9 Å². The molecule has 3 aromatic rings. The standard InChI is InChI=1S/C26H23F7N4O3/c27-13-7-17(28)20(18(29)8-13)37-10-16(25(40)34-22(12-4-5-12)26(31,32)33)21(39)15-9-19(30)24(35-23(15)37)36-6-2-1-3-14(36)11-38/h7-10,12,14,22,38H,1-6,11H2,(H,34,40)/t14-,22?/m0/s1. The zero-order chi connectivity index (χ0) is 28.9. The van der Waals surface area contributed by atoms with E-state index in [1.54, 1.807) is 5.32 Å². The molecule has 1 amide bonds. The smallest absolute Gasteiger partial charge is 0.394 e. The molecular formula is C26H23F7N4O3. The second-order valence-corrected chi connectivity index (χ2v) is 9.98. The van der Waals surface area contributed by atoms with Gasteiger partial charge in [-0.25, -0.2) is 22.5 Å². The second-order valence-electron chi connectivity index (χ2n) is 9.98. The molecule has 2 N–H and O–H groups in total. The number of aromatic nitrogens is 2. The molecule has 5 rings (SSSR count). The number of amides is 1. The Morgan fingerprint density at radius 2 is 1.73 bits per heavy atom. The monoisotopic (exact) mass is 572 g/mol. The summed E-state index contributed by atoms with van der Waals surface area (Å²) in [6.07, 6.45) is -1.99. The quantitative estimate of drug-likeness (QED) is 0.429. The number of piperidine rings is 1. The largest absolute Gasteiger partial charge is 0.408 e. The molecule has 3 heterocycles. The number of halogens is 7. The summed E-state index contributed by atoms with van der Waals surface area (Å²) in [4.78, 5) is 31.8. The van der Waals surface area contributed by atoms with Gasteiger partial charge in [0.15, 0.2) is 28.9 Å². The number of alkyl halides is 3. The van der Waals surface area contributed by atoms with Crippen LogP contribution in [0.1, 0.15) is 42.5 Å². The summed E-state index contributed by atoms with van der Waals surface area (Å²) in [5, 5.41) is 10.9. The molecule has 7 nitrogen and oxygen atoms in total. The maximum atomic E-state index is 15.4. The number of carbonyl (C=O) groups is 1. The van der Waals surface area contributed by atoms with Crippen molar-refractivity contribution in [2.45, 2.75) is 50.4 Å². The number of nitrogens with zero attached hydrogens (tertiary/aromatic N) is 3. The molecule has 1 saturated carbocycles. The van der Waals surface area contributed by atoms with Gasteiger partial charge in [-0.05, 0) is 44.1 Å². The highest BCUT2D eigenvalue weighted by atomic mass is 19.4. The van der Waals surface area contributed by atoms with Gasteiger partial charge < -0.3 is 15.3 Å². The lowest BCUT2D eigenvalue weighted by atomic mass is 10.0. The average Bonchev–Trinajstić information content (AvgIpc) is 3.72. The summed E-state index contributed by atoms with van der Waals surface area (Å²) in [5.74, 6) is -8.01. The van der Waals surface area contributed by atoms with E-state index in [9.17, 15) is 41.0 Å². The zero-order valence-corrected chi connectivity index (χ0v) is 20.7. The first kappa shape index (κ1) is 27.9. The number of pyridine rings is 2. The molecule has 2 atom stereocenters. The first-order valence-corrected chi connectivity index (χ1v) is 12.6. The Bertz CT molecular complexity index is 1510. The SMILES string of the molecule is O=C(NC(C1CC1)C(F)(F)F)c1cn(-c2c(F)cc(F)cc2F)c2nc(N3CCCC[C@H]3CO)c(F)cc2c1=O. The zero-order valence-electron chi connectivity index (χ0n) is 20.7. The fourth-order valence-corrected chi connectivity index (χ4v) is 5.10. The van der Waals surface area contributed by atoms with Crippen LogP contribution in [0, 0.1) is 29.2 Å². The van der Waals surface area contributed by atoms with E-state index >= 15 is 4.39 Å². The Morgan fingerprint density at radius 3 is 2.33 bits per heavy atom. The topological polar surface area (TPSA) is 87.5 Å². The maximum Gasteiger partial charge on any atom is 0.408 e. The molecular weight excluding hydrogens is 549 g/mol. The third-order valence-corrected chi connectivity index (χ3v) is 7.22. The van der Waals surface area contributed by atoms with Crippen molar-refractivity contribution in [2.75, 3.05) is 18.1 Å². The molecule has 14 heteroatoms. The van der Waals surface area contributed by atoms with Gasteiger partial charge in [-0.3, -0.25) is 14.2 Å². The number of hydrogen-bond acceptors (Lipinski definition) is 5. The number of nitrogens with one attached hydrogen (secondary N) is 1. The highest BCUT2D eigenvalue weighted by Crippen LogP contribution is 2.40. The number of benzene rings is 1. The average molecular weight is 572 g/mol. The van der Waals surface area contributed by atoms with Crippen molar-refractivity contribution in [2.24, 2.45) is 5.92 Å². The fourth-order valence-electron chi connectivity index (χ4n) is 5.10. The number of hydrogen-bond donors (Lipinski definition) is 2. The molecule has 1 aromatic carbocycles. The summed E-state index contributed by atoms with van der Waals surface area (Å²) in [6.45, 7) is -0.0850. The molecule has 40 heavy (non-hydrogen) atoms. The van der Waals surface area contributed by atoms with Crippen molar-refractivity contribution in [3.63, 3.8) is 0 Å². The van der Waals surface area contributed by atoms with Crippen molar-refractivity contribution in [1.82, 2.24) is 14.9 Å². The Morgan fingerprint density at radius 1 is 1.05 bits per heavy atom. The predicted molar refractivity (Wildman–Crippen MR) is 129 cm³/mol. The summed E-state index contributed by atoms with van der Waals surface area (Å²) in [5.41, 5.74) is -3.69. The molecule has 2 aliphatic rings. The first-order chi connectivity index (χ1) is 18.9. The number of rotatable bonds is 6. The van der Waals surface area contributed by atoms with Gasteiger partial charge >= 0.3 is 6.18 Å². The third kappa shape index (κ3) is 5.11. The van der Waals surface area contributed by atoms with Gasteiger partial charge in [-0.15, -0.1) is 0 Å². The number of anilines is 1. The summed E-state index contributed by atoms with van der Waals surface area (Å²) < 4.78 is 100. The molecule has 0 bridgehead atoms. The van der Waals surface area contributed by atoms with E-state index in [0.717, 1.165) is 6.42 Å². The van der Waals surface area contributed by atoms with Crippen LogP contribution in [0.15, 0.2) is 29.2 Å². The summed E-state index contributed by atoms with van der Waals surface area (Å²) >= 11 is 0. The Labute approximate surface area is 222 Å². The van der Waals surface area contributed by atoms with Crippen LogP contribution in [0.5, 0.6) is 0 Å². The molecule has 1 unspecified atom stereocenters. The maximum absolute atomic E-state index is 15.4. The highest BCUT2D eigenvalue weighted by Gasteiger charge is 2.50. The number of aliphatic hydroxyl groups excluding tert-OH is 1. The van der Waals surface area contributed by atoms with Crippen LogP contribution in [-0.4, -0.2) is 52.0 Å². The van der Waals surface area contributed by atoms with Gasteiger partial charge in [0.05, 0.1) is 18.0 Å². The lowest BCUT2D eigenvalue weighted by Crippen LogP contribution is -2.48. The van der Waals surface area contributed by atoms with E-state index < -0.39 is 81.1 Å². The van der Waals surface area contributed by atoms with E-state index in [1.165, 1.54) is 4.90 Å². The van der Waals surface area contributed by atoms with Gasteiger partial charge in [-0.1, -0.05) is 0 Å². The Balaban J connectivity index is 1.73. The molecule has 1 saturated heterocycles. The molecule has 1 aliphatic carbocycles. The number of carbonyl (C=O) groups excluding carboxylic acids is 1. The van der Waals surface area contributed by atoms with Crippen molar-refractivity contribution in [1.29, 1.82) is 0 Å². The molecule has 2 fully saturated rings. The molecule has 214 valence electrons. The van der Waals surface area contributed by atoms with Crippen LogP contribution in [0.2, 0.25) is 0 Å². The van der Waals surface area contributed by atoms with Gasteiger partial charge in [0.25, 0.3) is 5.91 Å². The Kier molecular flexibility index (Phi) is 7.23. The van der Waals surface area contributed by atoms with E-state index in [2.05, 4.69) is 4.98 Å². The van der Waals surface area contributed by atoms with Gasteiger partial charge in [0.1, 0.15) is 23.1 Å². The van der Waals surface area contributed by atoms with Crippen molar-refractivity contribution in [3.8, 4) is 5.69 Å². The lowest BCUT2D eigenvalue weighted by molar-refractivity contribution is -0.158. The van der Waals surface area contributed by atoms with Crippen LogP contribution >= 0.6 is 0 Å². The number of aliphatic hydroxyl groups is 1. The molecule has 1 aliphatic heterocycles. The van der Waals surface area contributed by atoms with Crippen molar-refractivity contribution in [3.05, 3.63) is 63.5 Å². The number of fused-ring (bicyclic) bond motifs is 1. The van der Waals surface area contributed by atoms with Crippen molar-refractivity contribution < 1.29 is 40.6 Å². The van der Waals surface area contributed by atoms with E-state index in [-0.39, 0.29) is 31.8 Å². The molecule has 2 aromatic heterocycles. The van der Waals surface area contributed by atoms with Crippen molar-refractivity contribution >= 4 is 22.8 Å². The highest BCUT2D eigenvalue weighted by molar-refractivity contribution is 5.97. The molecule has 0 radical (unpaired) electrons. The third-order valence-electron chi connectivity index (χ3n) is 7.22. The minimum atomic E-state index is -4.83. The minimum absolute atomic E-state index is 0.196. The van der Waals surface area contributed by atoms with Crippen LogP contribution < -0.4 is 15.6 Å². The second kappa shape index (κ2) is 10.4. The van der Waals surface area contributed by atoms with E-state index in [4.69, 9.17) is 0 Å². The van der Waals surface area contributed by atoms with E-state index in [0.29, 0.717) is 41.8 Å².